The number of rotatable bonds is 6. The predicted octanol–water partition coefficient (Wildman–Crippen LogP) is 3.49. The molecule has 0 aromatic carbocycles. The van der Waals surface area contributed by atoms with Crippen LogP contribution in [0.4, 0.5) is 0 Å². The molecular formula is C17H14N2O3S2. The highest BCUT2D eigenvalue weighted by Crippen LogP contribution is 2.14. The molecule has 0 aliphatic carbocycles. The van der Waals surface area contributed by atoms with Crippen LogP contribution in [0, 0.1) is 0 Å². The van der Waals surface area contributed by atoms with Crippen LogP contribution in [-0.2, 0) is 11.3 Å². The van der Waals surface area contributed by atoms with E-state index in [1.54, 1.807) is 36.6 Å². The van der Waals surface area contributed by atoms with Gasteiger partial charge >= 0.3 is 0 Å². The molecule has 2 N–H and O–H groups in total. The van der Waals surface area contributed by atoms with E-state index < -0.39 is 0 Å². The fourth-order valence-corrected chi connectivity index (χ4v) is 3.22. The minimum Gasteiger partial charge on any atom is -0.467 e. The molecule has 2 amide bonds. The summed E-state index contributed by atoms with van der Waals surface area (Å²) in [6.07, 6.45) is 3.20. The molecule has 3 heterocycles. The van der Waals surface area contributed by atoms with E-state index in [9.17, 15) is 9.59 Å². The number of hydrogen-bond donors (Lipinski definition) is 2. The number of hydrogen-bond acceptors (Lipinski definition) is 5. The lowest BCUT2D eigenvalue weighted by Gasteiger charge is -2.09. The normalized spacial score (nSPS) is 11.2. The maximum absolute atomic E-state index is 12.4. The van der Waals surface area contributed by atoms with Gasteiger partial charge in [0.15, 0.2) is 0 Å². The number of furan rings is 1. The zero-order valence-electron chi connectivity index (χ0n) is 12.5. The summed E-state index contributed by atoms with van der Waals surface area (Å²) < 4.78 is 5.19. The Bertz CT molecular complexity index is 819. The van der Waals surface area contributed by atoms with Gasteiger partial charge in [0, 0.05) is 4.88 Å². The fraction of sp³-hybridized carbons (Fsp3) is 0.0588. The van der Waals surface area contributed by atoms with Crippen molar-refractivity contribution in [3.8, 4) is 0 Å². The predicted molar refractivity (Wildman–Crippen MR) is 94.6 cm³/mol. The fourth-order valence-electron chi connectivity index (χ4n) is 1.94. The second-order valence-corrected chi connectivity index (χ2v) is 6.69. The van der Waals surface area contributed by atoms with Gasteiger partial charge in [0.2, 0.25) is 0 Å². The van der Waals surface area contributed by atoms with Crippen LogP contribution in [0.15, 0.2) is 63.5 Å². The molecule has 0 aliphatic heterocycles. The van der Waals surface area contributed by atoms with E-state index in [2.05, 4.69) is 10.6 Å². The summed E-state index contributed by atoms with van der Waals surface area (Å²) in [7, 11) is 0. The van der Waals surface area contributed by atoms with Crippen LogP contribution >= 0.6 is 22.7 Å². The van der Waals surface area contributed by atoms with E-state index in [4.69, 9.17) is 4.42 Å². The number of carbonyl (C=O) groups excluding carboxylic acids is 2. The summed E-state index contributed by atoms with van der Waals surface area (Å²) >= 11 is 2.81. The van der Waals surface area contributed by atoms with Gasteiger partial charge in [-0.15, -0.1) is 22.7 Å². The minimum absolute atomic E-state index is 0.197. The van der Waals surface area contributed by atoms with Gasteiger partial charge in [-0.2, -0.15) is 0 Å². The first-order chi connectivity index (χ1) is 11.7. The van der Waals surface area contributed by atoms with Gasteiger partial charge in [0.25, 0.3) is 11.8 Å². The summed E-state index contributed by atoms with van der Waals surface area (Å²) in [5, 5.41) is 9.15. The topological polar surface area (TPSA) is 71.3 Å². The smallest absolute Gasteiger partial charge is 0.268 e. The highest BCUT2D eigenvalue weighted by atomic mass is 32.1. The molecule has 24 heavy (non-hydrogen) atoms. The Balaban J connectivity index is 1.74. The van der Waals surface area contributed by atoms with Crippen molar-refractivity contribution < 1.29 is 14.0 Å². The lowest BCUT2D eigenvalue weighted by atomic mass is 10.3. The molecule has 0 radical (unpaired) electrons. The van der Waals surface area contributed by atoms with Crippen LogP contribution in [-0.4, -0.2) is 11.8 Å². The first-order valence-corrected chi connectivity index (χ1v) is 8.89. The molecule has 3 aromatic rings. The van der Waals surface area contributed by atoms with Crippen LogP contribution in [0.25, 0.3) is 6.08 Å². The van der Waals surface area contributed by atoms with Crippen molar-refractivity contribution in [2.24, 2.45) is 0 Å². The first-order valence-electron chi connectivity index (χ1n) is 7.13. The molecule has 122 valence electrons. The number of nitrogens with one attached hydrogen (secondary N) is 2. The van der Waals surface area contributed by atoms with Crippen LogP contribution in [0.1, 0.15) is 20.3 Å². The van der Waals surface area contributed by atoms with Crippen molar-refractivity contribution in [1.82, 2.24) is 10.6 Å². The van der Waals surface area contributed by atoms with Gasteiger partial charge in [0.05, 0.1) is 17.7 Å². The van der Waals surface area contributed by atoms with Crippen LogP contribution in [0.3, 0.4) is 0 Å². The standard InChI is InChI=1S/C17H14N2O3S2/c20-16(18-11-12-4-1-7-22-12)14(10-13-5-2-8-23-13)19-17(21)15-6-3-9-24-15/h1-10H,11H2,(H,18,20)(H,19,21). The van der Waals surface area contributed by atoms with E-state index in [0.29, 0.717) is 10.6 Å². The van der Waals surface area contributed by atoms with Gasteiger partial charge in [-0.1, -0.05) is 12.1 Å². The molecule has 3 aromatic heterocycles. The second-order valence-electron chi connectivity index (χ2n) is 4.77. The summed E-state index contributed by atoms with van der Waals surface area (Å²) in [5.74, 6) is -0.0333. The molecule has 0 unspecified atom stereocenters. The van der Waals surface area contributed by atoms with Crippen molar-refractivity contribution in [2.75, 3.05) is 0 Å². The lowest BCUT2D eigenvalue weighted by molar-refractivity contribution is -0.118. The lowest BCUT2D eigenvalue weighted by Crippen LogP contribution is -2.34. The molecule has 0 bridgehead atoms. The third kappa shape index (κ3) is 4.21. The van der Waals surface area contributed by atoms with Gasteiger partial charge in [-0.25, -0.2) is 0 Å². The molecule has 3 rings (SSSR count). The van der Waals surface area contributed by atoms with E-state index in [-0.39, 0.29) is 24.1 Å². The van der Waals surface area contributed by atoms with Gasteiger partial charge in [0.1, 0.15) is 11.5 Å². The van der Waals surface area contributed by atoms with Crippen molar-refractivity contribution in [3.63, 3.8) is 0 Å². The average Bonchev–Trinajstić information content (AvgIpc) is 3.34. The SMILES string of the molecule is O=C(NCc1ccco1)C(=Cc1cccs1)NC(=O)c1cccs1. The van der Waals surface area contributed by atoms with Crippen LogP contribution < -0.4 is 10.6 Å². The minimum atomic E-state index is -0.371. The Morgan fingerprint density at radius 1 is 1.08 bits per heavy atom. The third-order valence-electron chi connectivity index (χ3n) is 3.07. The van der Waals surface area contributed by atoms with Crippen molar-refractivity contribution in [1.29, 1.82) is 0 Å². The van der Waals surface area contributed by atoms with E-state index >= 15 is 0 Å². The average molecular weight is 358 g/mol. The quantitative estimate of drug-likeness (QED) is 0.663. The maximum Gasteiger partial charge on any atom is 0.268 e. The first kappa shape index (κ1) is 16.2. The molecule has 7 heteroatoms. The highest BCUT2D eigenvalue weighted by molar-refractivity contribution is 7.12. The van der Waals surface area contributed by atoms with E-state index in [1.165, 1.54) is 22.7 Å². The number of carbonyl (C=O) groups is 2. The van der Waals surface area contributed by atoms with Crippen LogP contribution in [0.2, 0.25) is 0 Å². The van der Waals surface area contributed by atoms with Crippen molar-refractivity contribution in [3.05, 3.63) is 74.6 Å². The van der Waals surface area contributed by atoms with Crippen molar-refractivity contribution in [2.45, 2.75) is 6.54 Å². The molecule has 0 spiro atoms. The van der Waals surface area contributed by atoms with E-state index in [0.717, 1.165) is 4.88 Å². The largest absolute Gasteiger partial charge is 0.467 e. The van der Waals surface area contributed by atoms with Gasteiger partial charge < -0.3 is 15.1 Å². The Morgan fingerprint density at radius 3 is 2.58 bits per heavy atom. The summed E-state index contributed by atoms with van der Waals surface area (Å²) in [5.41, 5.74) is 0.197. The molecule has 5 nitrogen and oxygen atoms in total. The number of amides is 2. The molecule has 0 aliphatic rings. The summed E-state index contributed by atoms with van der Waals surface area (Å²) in [6.45, 7) is 0.252. The van der Waals surface area contributed by atoms with Gasteiger partial charge in [-0.3, -0.25) is 9.59 Å². The Hall–Kier alpha value is -2.64. The summed E-state index contributed by atoms with van der Waals surface area (Å²) in [4.78, 5) is 26.1. The zero-order valence-corrected chi connectivity index (χ0v) is 14.2. The highest BCUT2D eigenvalue weighted by Gasteiger charge is 2.15. The Labute approximate surface area is 146 Å². The maximum atomic E-state index is 12.4. The molecule has 0 atom stereocenters. The van der Waals surface area contributed by atoms with Gasteiger partial charge in [-0.05, 0) is 41.1 Å². The Morgan fingerprint density at radius 2 is 1.92 bits per heavy atom. The molecular weight excluding hydrogens is 344 g/mol. The summed E-state index contributed by atoms with van der Waals surface area (Å²) in [6, 6.07) is 10.8. The molecule has 0 saturated carbocycles. The molecule has 0 saturated heterocycles. The third-order valence-corrected chi connectivity index (χ3v) is 4.76. The monoisotopic (exact) mass is 358 g/mol. The zero-order chi connectivity index (χ0) is 16.8. The van der Waals surface area contributed by atoms with Crippen molar-refractivity contribution >= 4 is 40.6 Å². The Kier molecular flexibility index (Phi) is 5.25. The second kappa shape index (κ2) is 7.76. The van der Waals surface area contributed by atoms with E-state index in [1.807, 2.05) is 22.9 Å². The molecule has 0 fully saturated rings. The van der Waals surface area contributed by atoms with Crippen LogP contribution in [0.5, 0.6) is 0 Å². The number of thiophene rings is 2.